The van der Waals surface area contributed by atoms with Crippen molar-refractivity contribution < 1.29 is 40.3 Å². The Morgan fingerprint density at radius 3 is 2.12 bits per heavy atom. The highest BCUT2D eigenvalue weighted by Crippen LogP contribution is 2.50. The lowest BCUT2D eigenvalue weighted by Crippen LogP contribution is -2.51. The van der Waals surface area contributed by atoms with Gasteiger partial charge in [0.15, 0.2) is 5.17 Å². The third-order valence-corrected chi connectivity index (χ3v) is 6.29. The summed E-state index contributed by atoms with van der Waals surface area (Å²) >= 11 is 0.523. The average Bonchev–Trinajstić information content (AvgIpc) is 2.66. The minimum Gasteiger partial charge on any atom is -0.318 e. The second-order valence-electron chi connectivity index (χ2n) is 7.21. The Hall–Kier alpha value is -2.82. The van der Waals surface area contributed by atoms with E-state index in [1.165, 1.54) is 26.1 Å². The van der Waals surface area contributed by atoms with E-state index in [1.807, 2.05) is 6.07 Å². The monoisotopic (exact) mass is 484 g/mol. The Labute approximate surface area is 181 Å². The fourth-order valence-electron chi connectivity index (χ4n) is 2.98. The van der Waals surface area contributed by atoms with Gasteiger partial charge in [-0.3, -0.25) is 19.9 Å². The van der Waals surface area contributed by atoms with Crippen molar-refractivity contribution in [1.82, 2.24) is 5.32 Å². The highest BCUT2D eigenvalue weighted by molar-refractivity contribution is 8.15. The van der Waals surface area contributed by atoms with Crippen LogP contribution in [0.1, 0.15) is 26.3 Å². The Morgan fingerprint density at radius 1 is 1.09 bits per heavy atom. The summed E-state index contributed by atoms with van der Waals surface area (Å²) in [7, 11) is 0. The smallest absolute Gasteiger partial charge is 0.318 e. The van der Waals surface area contributed by atoms with Gasteiger partial charge >= 0.3 is 24.2 Å². The van der Waals surface area contributed by atoms with Gasteiger partial charge in [-0.25, -0.2) is 4.39 Å². The van der Waals surface area contributed by atoms with Crippen LogP contribution in [0.2, 0.25) is 0 Å². The highest BCUT2D eigenvalue weighted by Gasteiger charge is 2.52. The summed E-state index contributed by atoms with van der Waals surface area (Å²) in [6.45, 7) is 4.03. The molecule has 2 rings (SSSR count). The third-order valence-electron chi connectivity index (χ3n) is 5.04. The molecular weight excluding hydrogens is 469 g/mol. The summed E-state index contributed by atoms with van der Waals surface area (Å²) in [5.74, 6) is -6.59. The Morgan fingerprint density at radius 2 is 1.62 bits per heavy atom. The first-order valence-corrected chi connectivity index (χ1v) is 9.52. The molecule has 1 heterocycles. The van der Waals surface area contributed by atoms with Crippen molar-refractivity contribution in [3.8, 4) is 6.07 Å². The molecule has 0 unspecified atom stereocenters. The zero-order valence-corrected chi connectivity index (χ0v) is 17.4. The van der Waals surface area contributed by atoms with E-state index in [1.54, 1.807) is 5.32 Å². The molecule has 1 aromatic carbocycles. The lowest BCUT2D eigenvalue weighted by Gasteiger charge is -2.44. The van der Waals surface area contributed by atoms with Gasteiger partial charge in [0.25, 0.3) is 0 Å². The number of alkyl halides is 6. The number of rotatable bonds is 2. The molecule has 1 aliphatic rings. The number of nitrogens with zero attached hydrogens (tertiary/aromatic N) is 2. The van der Waals surface area contributed by atoms with Crippen LogP contribution in [-0.2, 0) is 15.1 Å². The molecule has 1 aliphatic heterocycles. The van der Waals surface area contributed by atoms with Gasteiger partial charge in [0, 0.05) is 17.2 Å². The van der Waals surface area contributed by atoms with Crippen molar-refractivity contribution in [2.24, 2.45) is 10.9 Å². The molecule has 0 aromatic heterocycles. The number of carbonyl (C=O) groups excluding carboxylic acids is 2. The minimum atomic E-state index is -5.27. The number of amides is 2. The van der Waals surface area contributed by atoms with E-state index in [2.05, 4.69) is 4.99 Å². The van der Waals surface area contributed by atoms with Crippen LogP contribution >= 0.6 is 11.8 Å². The highest BCUT2D eigenvalue weighted by atomic mass is 32.2. The molecular formula is C18H15F7N4O2S. The standard InChI is InChI=1S/C18H15F7N4O2S/c1-8-15(2,7-26)32-14(28-13(31)18(23,24)25)29-16(8,3)10-6-9(4-5-11(10)19)27-12(30)17(20,21)22/h4-6,8H,1-3H3,(H,27,30)(H,28,29,31)/t8-,15-,16+/m1/s1. The van der Waals surface area contributed by atoms with Crippen molar-refractivity contribution in [1.29, 1.82) is 5.26 Å². The molecule has 2 amide bonds. The number of nitriles is 1. The molecule has 6 nitrogen and oxygen atoms in total. The SMILES string of the molecule is C[C@@H]1[C@@](C)(C#N)SC(NC(=O)C(F)(F)F)=N[C@]1(C)c1cc(NC(=O)C(F)(F)F)ccc1F. The number of hydrogen-bond acceptors (Lipinski definition) is 5. The summed E-state index contributed by atoms with van der Waals surface area (Å²) in [5.41, 5.74) is -2.65. The molecule has 0 bridgehead atoms. The van der Waals surface area contributed by atoms with Gasteiger partial charge in [-0.2, -0.15) is 31.6 Å². The predicted molar refractivity (Wildman–Crippen MR) is 101 cm³/mol. The van der Waals surface area contributed by atoms with Gasteiger partial charge in [-0.05, 0) is 32.0 Å². The van der Waals surface area contributed by atoms with E-state index in [9.17, 15) is 45.6 Å². The molecule has 0 spiro atoms. The fourth-order valence-corrected chi connectivity index (χ4v) is 4.22. The zero-order chi connectivity index (χ0) is 24.7. The van der Waals surface area contributed by atoms with E-state index < -0.39 is 62.6 Å². The normalized spacial score (nSPS) is 26.0. The van der Waals surface area contributed by atoms with Crippen LogP contribution in [0, 0.1) is 23.1 Å². The van der Waals surface area contributed by atoms with Gasteiger partial charge in [-0.1, -0.05) is 18.7 Å². The molecule has 0 fully saturated rings. The van der Waals surface area contributed by atoms with Crippen LogP contribution in [0.15, 0.2) is 23.2 Å². The second kappa shape index (κ2) is 8.27. The first-order valence-electron chi connectivity index (χ1n) is 8.70. The minimum absolute atomic E-state index is 0.398. The van der Waals surface area contributed by atoms with Crippen molar-refractivity contribution in [2.75, 3.05) is 5.32 Å². The number of hydrogen-bond donors (Lipinski definition) is 2. The van der Waals surface area contributed by atoms with Crippen molar-refractivity contribution >= 4 is 34.4 Å². The number of thioether (sulfide) groups is 1. The van der Waals surface area contributed by atoms with Crippen molar-refractivity contribution in [2.45, 2.75) is 43.4 Å². The lowest BCUT2D eigenvalue weighted by molar-refractivity contribution is -0.171. The first kappa shape index (κ1) is 25.4. The van der Waals surface area contributed by atoms with Crippen LogP contribution in [-0.4, -0.2) is 34.1 Å². The van der Waals surface area contributed by atoms with Crippen molar-refractivity contribution in [3.05, 3.63) is 29.6 Å². The Bertz CT molecular complexity index is 1020. The number of halogens is 7. The van der Waals surface area contributed by atoms with Crippen LogP contribution in [0.25, 0.3) is 0 Å². The van der Waals surface area contributed by atoms with Crippen LogP contribution in [0.5, 0.6) is 0 Å². The third kappa shape index (κ3) is 4.98. The quantitative estimate of drug-likeness (QED) is 0.614. The van der Waals surface area contributed by atoms with Gasteiger partial charge in [-0.15, -0.1) is 0 Å². The number of nitrogens with one attached hydrogen (secondary N) is 2. The molecule has 0 saturated heterocycles. The summed E-state index contributed by atoms with van der Waals surface area (Å²) in [6, 6.07) is 4.33. The van der Waals surface area contributed by atoms with E-state index in [-0.39, 0.29) is 0 Å². The van der Waals surface area contributed by atoms with E-state index in [0.717, 1.165) is 18.2 Å². The number of benzene rings is 1. The fraction of sp³-hybridized carbons (Fsp3) is 0.444. The van der Waals surface area contributed by atoms with Crippen LogP contribution in [0.3, 0.4) is 0 Å². The van der Waals surface area contributed by atoms with Crippen LogP contribution in [0.4, 0.5) is 36.4 Å². The molecule has 174 valence electrons. The molecule has 14 heteroatoms. The number of amidine groups is 1. The molecule has 3 atom stereocenters. The van der Waals surface area contributed by atoms with E-state index >= 15 is 0 Å². The summed E-state index contributed by atoms with van der Waals surface area (Å²) < 4.78 is 88.9. The summed E-state index contributed by atoms with van der Waals surface area (Å²) in [6.07, 6.45) is -10.5. The lowest BCUT2D eigenvalue weighted by atomic mass is 9.74. The van der Waals surface area contributed by atoms with E-state index in [4.69, 9.17) is 0 Å². The molecule has 0 radical (unpaired) electrons. The predicted octanol–water partition coefficient (Wildman–Crippen LogP) is 4.24. The second-order valence-corrected chi connectivity index (χ2v) is 8.64. The van der Waals surface area contributed by atoms with Gasteiger partial charge in [0.2, 0.25) is 0 Å². The molecule has 0 aliphatic carbocycles. The average molecular weight is 484 g/mol. The summed E-state index contributed by atoms with van der Waals surface area (Å²) in [5, 5.41) is 12.1. The number of anilines is 1. The summed E-state index contributed by atoms with van der Waals surface area (Å²) in [4.78, 5) is 26.6. The maximum Gasteiger partial charge on any atom is 0.471 e. The van der Waals surface area contributed by atoms with Crippen molar-refractivity contribution in [3.63, 3.8) is 0 Å². The largest absolute Gasteiger partial charge is 0.471 e. The van der Waals surface area contributed by atoms with E-state index in [0.29, 0.717) is 11.8 Å². The Balaban J connectivity index is 2.60. The maximum absolute atomic E-state index is 14.7. The zero-order valence-electron chi connectivity index (χ0n) is 16.6. The molecule has 2 N–H and O–H groups in total. The van der Waals surface area contributed by atoms with Gasteiger partial charge in [0.1, 0.15) is 10.6 Å². The topological polar surface area (TPSA) is 94.3 Å². The van der Waals surface area contributed by atoms with Gasteiger partial charge < -0.3 is 5.32 Å². The Kier molecular flexibility index (Phi) is 6.57. The molecule has 32 heavy (non-hydrogen) atoms. The maximum atomic E-state index is 14.7. The number of carbonyl (C=O) groups is 2. The molecule has 1 aromatic rings. The first-order chi connectivity index (χ1) is 14.4. The molecule has 0 saturated carbocycles. The van der Waals surface area contributed by atoms with Gasteiger partial charge in [0.05, 0.1) is 11.6 Å². The van der Waals surface area contributed by atoms with Crippen LogP contribution < -0.4 is 10.6 Å². The number of aliphatic imine (C=N–C) groups is 1.